The third-order valence-electron chi connectivity index (χ3n) is 5.48. The van der Waals surface area contributed by atoms with Crippen molar-refractivity contribution < 1.29 is 4.79 Å². The molecule has 0 radical (unpaired) electrons. The van der Waals surface area contributed by atoms with Crippen LogP contribution >= 0.6 is 11.6 Å². The number of piperidine rings is 1. The molecule has 23 heavy (non-hydrogen) atoms. The maximum Gasteiger partial charge on any atom is 0.230 e. The van der Waals surface area contributed by atoms with Gasteiger partial charge in [0.1, 0.15) is 0 Å². The molecular formula is C19H27ClN2O. The summed E-state index contributed by atoms with van der Waals surface area (Å²) in [7, 11) is 0. The molecule has 2 N–H and O–H groups in total. The van der Waals surface area contributed by atoms with Gasteiger partial charge in [-0.2, -0.15) is 0 Å². The van der Waals surface area contributed by atoms with E-state index in [1.807, 2.05) is 18.2 Å². The lowest BCUT2D eigenvalue weighted by Crippen LogP contribution is -2.53. The van der Waals surface area contributed by atoms with E-state index in [1.54, 1.807) is 0 Å². The van der Waals surface area contributed by atoms with E-state index >= 15 is 0 Å². The van der Waals surface area contributed by atoms with Gasteiger partial charge in [-0.1, -0.05) is 43.0 Å². The van der Waals surface area contributed by atoms with Gasteiger partial charge in [0.15, 0.2) is 0 Å². The quantitative estimate of drug-likeness (QED) is 0.882. The average Bonchev–Trinajstić information content (AvgIpc) is 2.55. The van der Waals surface area contributed by atoms with Gasteiger partial charge < -0.3 is 10.6 Å². The Balaban J connectivity index is 1.82. The fraction of sp³-hybridized carbons (Fsp3) is 0.632. The van der Waals surface area contributed by atoms with Crippen molar-refractivity contribution in [1.82, 2.24) is 10.6 Å². The zero-order valence-electron chi connectivity index (χ0n) is 13.9. The Morgan fingerprint density at radius 1 is 1.30 bits per heavy atom. The van der Waals surface area contributed by atoms with Gasteiger partial charge in [0.2, 0.25) is 5.91 Å². The van der Waals surface area contributed by atoms with Crippen LogP contribution < -0.4 is 10.6 Å². The van der Waals surface area contributed by atoms with E-state index in [2.05, 4.69) is 23.6 Å². The largest absolute Gasteiger partial charge is 0.352 e. The van der Waals surface area contributed by atoms with E-state index < -0.39 is 5.41 Å². The Bertz CT molecular complexity index is 554. The minimum atomic E-state index is -0.392. The monoisotopic (exact) mass is 334 g/mol. The van der Waals surface area contributed by atoms with Gasteiger partial charge in [0.25, 0.3) is 0 Å². The fourth-order valence-electron chi connectivity index (χ4n) is 4.17. The van der Waals surface area contributed by atoms with Crippen LogP contribution in [0.25, 0.3) is 0 Å². The molecule has 0 spiro atoms. The summed E-state index contributed by atoms with van der Waals surface area (Å²) >= 11 is 6.20. The van der Waals surface area contributed by atoms with Crippen molar-refractivity contribution in [2.75, 3.05) is 6.54 Å². The van der Waals surface area contributed by atoms with Gasteiger partial charge in [-0.15, -0.1) is 0 Å². The first kappa shape index (κ1) is 16.8. The Morgan fingerprint density at radius 2 is 2.09 bits per heavy atom. The summed E-state index contributed by atoms with van der Waals surface area (Å²) in [4.78, 5) is 13.2. The normalized spacial score (nSPS) is 27.4. The fourth-order valence-corrected chi connectivity index (χ4v) is 4.37. The minimum Gasteiger partial charge on any atom is -0.352 e. The minimum absolute atomic E-state index is 0.207. The van der Waals surface area contributed by atoms with E-state index in [9.17, 15) is 4.79 Å². The van der Waals surface area contributed by atoms with Crippen LogP contribution in [-0.2, 0) is 10.2 Å². The molecule has 126 valence electrons. The van der Waals surface area contributed by atoms with E-state index in [0.717, 1.165) is 55.7 Å². The number of halogens is 1. The molecule has 3 rings (SSSR count). The van der Waals surface area contributed by atoms with Crippen LogP contribution in [0.3, 0.4) is 0 Å². The summed E-state index contributed by atoms with van der Waals surface area (Å²) in [6.07, 6.45) is 7.34. The second kappa shape index (κ2) is 7.23. The number of hydrogen-bond donors (Lipinski definition) is 2. The molecule has 1 aromatic carbocycles. The Kier molecular flexibility index (Phi) is 5.27. The lowest BCUT2D eigenvalue weighted by molar-refractivity contribution is -0.129. The lowest BCUT2D eigenvalue weighted by Gasteiger charge is -2.39. The molecule has 0 aromatic heterocycles. The van der Waals surface area contributed by atoms with Crippen molar-refractivity contribution in [2.45, 2.75) is 69.4 Å². The van der Waals surface area contributed by atoms with Crippen molar-refractivity contribution in [3.63, 3.8) is 0 Å². The molecule has 2 unspecified atom stereocenters. The second-order valence-corrected chi connectivity index (χ2v) is 7.64. The first-order valence-corrected chi connectivity index (χ1v) is 9.28. The van der Waals surface area contributed by atoms with Gasteiger partial charge in [-0.05, 0) is 56.8 Å². The van der Waals surface area contributed by atoms with Crippen LogP contribution in [0.5, 0.6) is 0 Å². The Labute approximate surface area is 144 Å². The summed E-state index contributed by atoms with van der Waals surface area (Å²) in [5, 5.41) is 7.52. The highest BCUT2D eigenvalue weighted by atomic mass is 35.5. The molecule has 1 amide bonds. The van der Waals surface area contributed by atoms with Crippen LogP contribution in [0, 0.1) is 0 Å². The molecule has 1 saturated carbocycles. The molecule has 1 aliphatic carbocycles. The molecule has 1 saturated heterocycles. The smallest absolute Gasteiger partial charge is 0.230 e. The maximum atomic E-state index is 13.2. The van der Waals surface area contributed by atoms with Crippen LogP contribution in [0.4, 0.5) is 0 Å². The molecule has 1 aromatic rings. The number of carbonyl (C=O) groups is 1. The molecule has 0 bridgehead atoms. The first-order chi connectivity index (χ1) is 11.1. The molecule has 1 aliphatic heterocycles. The standard InChI is InChI=1S/C19H27ClN2O/c1-14-12-17(8-11-21-14)22-18(23)19(9-3-2-4-10-19)15-6-5-7-16(20)13-15/h5-7,13-14,17,21H,2-4,8-12H2,1H3,(H,22,23). The van der Waals surface area contributed by atoms with E-state index in [4.69, 9.17) is 11.6 Å². The van der Waals surface area contributed by atoms with Gasteiger partial charge in [0, 0.05) is 17.1 Å². The first-order valence-electron chi connectivity index (χ1n) is 8.90. The molecule has 2 atom stereocenters. The second-order valence-electron chi connectivity index (χ2n) is 7.20. The van der Waals surface area contributed by atoms with Crippen molar-refractivity contribution in [3.05, 3.63) is 34.9 Å². The van der Waals surface area contributed by atoms with E-state index in [1.165, 1.54) is 6.42 Å². The highest BCUT2D eigenvalue weighted by Gasteiger charge is 2.42. The number of hydrogen-bond acceptors (Lipinski definition) is 2. The molecular weight excluding hydrogens is 308 g/mol. The molecule has 1 heterocycles. The van der Waals surface area contributed by atoms with Crippen LogP contribution in [0.2, 0.25) is 5.02 Å². The molecule has 2 fully saturated rings. The van der Waals surface area contributed by atoms with Gasteiger partial charge in [-0.3, -0.25) is 4.79 Å². The van der Waals surface area contributed by atoms with Crippen molar-refractivity contribution in [3.8, 4) is 0 Å². The van der Waals surface area contributed by atoms with Crippen LogP contribution in [0.1, 0.15) is 57.4 Å². The van der Waals surface area contributed by atoms with Crippen molar-refractivity contribution >= 4 is 17.5 Å². The van der Waals surface area contributed by atoms with Crippen LogP contribution in [-0.4, -0.2) is 24.5 Å². The third kappa shape index (κ3) is 3.72. The predicted molar refractivity (Wildman–Crippen MR) is 94.8 cm³/mol. The maximum absolute atomic E-state index is 13.2. The number of nitrogens with one attached hydrogen (secondary N) is 2. The van der Waals surface area contributed by atoms with E-state index in [0.29, 0.717) is 6.04 Å². The summed E-state index contributed by atoms with van der Waals surface area (Å²) < 4.78 is 0. The van der Waals surface area contributed by atoms with Crippen molar-refractivity contribution in [2.24, 2.45) is 0 Å². The average molecular weight is 335 g/mol. The number of benzene rings is 1. The van der Waals surface area contributed by atoms with Crippen LogP contribution in [0.15, 0.2) is 24.3 Å². The number of amides is 1. The molecule has 2 aliphatic rings. The summed E-state index contributed by atoms with van der Waals surface area (Å²) in [6.45, 7) is 3.17. The number of rotatable bonds is 3. The molecule has 3 nitrogen and oxygen atoms in total. The third-order valence-corrected chi connectivity index (χ3v) is 5.71. The summed E-state index contributed by atoms with van der Waals surface area (Å²) in [5.41, 5.74) is 0.696. The highest BCUT2D eigenvalue weighted by Crippen LogP contribution is 2.40. The highest BCUT2D eigenvalue weighted by molar-refractivity contribution is 6.30. The van der Waals surface area contributed by atoms with Gasteiger partial charge in [-0.25, -0.2) is 0 Å². The predicted octanol–water partition coefficient (Wildman–Crippen LogP) is 3.80. The number of carbonyl (C=O) groups excluding carboxylic acids is 1. The topological polar surface area (TPSA) is 41.1 Å². The Hall–Kier alpha value is -1.06. The SMILES string of the molecule is CC1CC(NC(=O)C2(c3cccc(Cl)c3)CCCCC2)CCN1. The zero-order chi connectivity index (χ0) is 16.3. The van der Waals surface area contributed by atoms with Gasteiger partial charge in [0.05, 0.1) is 5.41 Å². The molecule has 4 heteroatoms. The summed E-state index contributed by atoms with van der Waals surface area (Å²) in [5.74, 6) is 0.207. The van der Waals surface area contributed by atoms with Crippen molar-refractivity contribution in [1.29, 1.82) is 0 Å². The van der Waals surface area contributed by atoms with Gasteiger partial charge >= 0.3 is 0 Å². The summed E-state index contributed by atoms with van der Waals surface area (Å²) in [6, 6.07) is 8.67. The van der Waals surface area contributed by atoms with E-state index in [-0.39, 0.29) is 11.9 Å². The lowest BCUT2D eigenvalue weighted by atomic mass is 9.68. The zero-order valence-corrected chi connectivity index (χ0v) is 14.7. The Morgan fingerprint density at radius 3 is 2.78 bits per heavy atom.